The molecule has 1 aliphatic rings. The van der Waals surface area contributed by atoms with E-state index in [1.54, 1.807) is 0 Å². The van der Waals surface area contributed by atoms with E-state index in [1.165, 1.54) is 12.8 Å². The first-order valence-corrected chi connectivity index (χ1v) is 7.48. The van der Waals surface area contributed by atoms with Crippen LogP contribution in [0.4, 0.5) is 0 Å². The Kier molecular flexibility index (Phi) is 6.24. The van der Waals surface area contributed by atoms with Gasteiger partial charge in [0.1, 0.15) is 0 Å². The van der Waals surface area contributed by atoms with Crippen molar-refractivity contribution in [2.24, 2.45) is 5.41 Å². The Morgan fingerprint density at radius 1 is 1.29 bits per heavy atom. The van der Waals surface area contributed by atoms with Crippen molar-refractivity contribution < 1.29 is 4.79 Å². The van der Waals surface area contributed by atoms with Gasteiger partial charge >= 0.3 is 0 Å². The molecule has 4 heteroatoms. The van der Waals surface area contributed by atoms with Gasteiger partial charge in [-0.05, 0) is 50.8 Å². The molecule has 118 valence electrons. The standard InChI is InChI=1S/C17H26N2O.ClH/c1-12-8-13(2)10-14(9-12)16(20)19-11-15-17(3,4)6-5-7-18-15;/h8-10,15,18H,5-7,11H2,1-4H3,(H,19,20);1H. The molecule has 0 aliphatic carbocycles. The van der Waals surface area contributed by atoms with Crippen LogP contribution in [0.15, 0.2) is 18.2 Å². The summed E-state index contributed by atoms with van der Waals surface area (Å²) in [6, 6.07) is 6.33. The third-order valence-electron chi connectivity index (χ3n) is 4.28. The van der Waals surface area contributed by atoms with Crippen LogP contribution in [-0.2, 0) is 0 Å². The number of piperidine rings is 1. The minimum absolute atomic E-state index is 0. The number of rotatable bonds is 3. The van der Waals surface area contributed by atoms with Crippen molar-refractivity contribution in [2.45, 2.75) is 46.6 Å². The van der Waals surface area contributed by atoms with Gasteiger partial charge in [0, 0.05) is 18.2 Å². The summed E-state index contributed by atoms with van der Waals surface area (Å²) < 4.78 is 0. The Labute approximate surface area is 134 Å². The van der Waals surface area contributed by atoms with Gasteiger partial charge in [0.15, 0.2) is 0 Å². The largest absolute Gasteiger partial charge is 0.350 e. The molecule has 0 radical (unpaired) electrons. The maximum atomic E-state index is 12.3. The zero-order valence-corrected chi connectivity index (χ0v) is 14.3. The average Bonchev–Trinajstić information content (AvgIpc) is 2.35. The first-order chi connectivity index (χ1) is 9.38. The summed E-state index contributed by atoms with van der Waals surface area (Å²) in [6.45, 7) is 10.3. The summed E-state index contributed by atoms with van der Waals surface area (Å²) in [6.07, 6.45) is 2.43. The SMILES string of the molecule is Cc1cc(C)cc(C(=O)NCC2NCCCC2(C)C)c1.Cl. The third-order valence-corrected chi connectivity index (χ3v) is 4.28. The van der Waals surface area contributed by atoms with Crippen LogP contribution in [0, 0.1) is 19.3 Å². The fourth-order valence-corrected chi connectivity index (χ4v) is 3.02. The second kappa shape index (κ2) is 7.28. The molecule has 1 aromatic rings. The van der Waals surface area contributed by atoms with Gasteiger partial charge in [-0.1, -0.05) is 31.0 Å². The monoisotopic (exact) mass is 310 g/mol. The number of nitrogens with one attached hydrogen (secondary N) is 2. The van der Waals surface area contributed by atoms with E-state index < -0.39 is 0 Å². The molecule has 3 nitrogen and oxygen atoms in total. The van der Waals surface area contributed by atoms with Crippen LogP contribution in [0.3, 0.4) is 0 Å². The highest BCUT2D eigenvalue weighted by Gasteiger charge is 2.31. The van der Waals surface area contributed by atoms with E-state index in [4.69, 9.17) is 0 Å². The molecule has 1 atom stereocenters. The second-order valence-electron chi connectivity index (χ2n) is 6.69. The number of amides is 1. The van der Waals surface area contributed by atoms with Crippen LogP contribution in [0.25, 0.3) is 0 Å². The number of halogens is 1. The molecule has 0 spiro atoms. The molecule has 1 fully saturated rings. The fraction of sp³-hybridized carbons (Fsp3) is 0.588. The number of hydrogen-bond donors (Lipinski definition) is 2. The second-order valence-corrected chi connectivity index (χ2v) is 6.69. The minimum Gasteiger partial charge on any atom is -0.350 e. The first kappa shape index (κ1) is 18.0. The van der Waals surface area contributed by atoms with Crippen molar-refractivity contribution in [3.8, 4) is 0 Å². The van der Waals surface area contributed by atoms with Gasteiger partial charge in [0.05, 0.1) is 0 Å². The highest BCUT2D eigenvalue weighted by molar-refractivity contribution is 5.94. The van der Waals surface area contributed by atoms with Crippen LogP contribution in [-0.4, -0.2) is 25.0 Å². The summed E-state index contributed by atoms with van der Waals surface area (Å²) >= 11 is 0. The van der Waals surface area contributed by atoms with E-state index in [-0.39, 0.29) is 23.7 Å². The normalized spacial score (nSPS) is 20.5. The van der Waals surface area contributed by atoms with Crippen molar-refractivity contribution in [1.82, 2.24) is 10.6 Å². The molecule has 0 bridgehead atoms. The topological polar surface area (TPSA) is 41.1 Å². The Hall–Kier alpha value is -1.06. The minimum atomic E-state index is 0. The molecule has 1 unspecified atom stereocenters. The van der Waals surface area contributed by atoms with Crippen molar-refractivity contribution in [3.05, 3.63) is 34.9 Å². The van der Waals surface area contributed by atoms with Crippen LogP contribution in [0.2, 0.25) is 0 Å². The molecular weight excluding hydrogens is 284 g/mol. The molecule has 1 aliphatic heterocycles. The van der Waals surface area contributed by atoms with Crippen molar-refractivity contribution in [3.63, 3.8) is 0 Å². The molecule has 1 saturated heterocycles. The van der Waals surface area contributed by atoms with Crippen molar-refractivity contribution in [1.29, 1.82) is 0 Å². The number of carbonyl (C=O) groups excluding carboxylic acids is 1. The zero-order valence-electron chi connectivity index (χ0n) is 13.5. The van der Waals surface area contributed by atoms with E-state index in [2.05, 4.69) is 30.5 Å². The van der Waals surface area contributed by atoms with E-state index >= 15 is 0 Å². The van der Waals surface area contributed by atoms with E-state index in [0.717, 1.165) is 23.2 Å². The van der Waals surface area contributed by atoms with E-state index in [0.29, 0.717) is 12.6 Å². The van der Waals surface area contributed by atoms with Gasteiger partial charge in [0.2, 0.25) is 0 Å². The number of hydrogen-bond acceptors (Lipinski definition) is 2. The van der Waals surface area contributed by atoms with Gasteiger partial charge in [-0.3, -0.25) is 4.79 Å². The summed E-state index contributed by atoms with van der Waals surface area (Å²) in [5, 5.41) is 6.60. The molecular formula is C17H27ClN2O. The third kappa shape index (κ3) is 4.72. The molecule has 0 saturated carbocycles. The van der Waals surface area contributed by atoms with Crippen LogP contribution in [0.1, 0.15) is 48.2 Å². The van der Waals surface area contributed by atoms with Crippen LogP contribution in [0.5, 0.6) is 0 Å². The molecule has 21 heavy (non-hydrogen) atoms. The summed E-state index contributed by atoms with van der Waals surface area (Å²) in [4.78, 5) is 12.3. The Morgan fingerprint density at radius 2 is 1.90 bits per heavy atom. The molecule has 2 N–H and O–H groups in total. The zero-order chi connectivity index (χ0) is 14.8. The lowest BCUT2D eigenvalue weighted by Gasteiger charge is -2.39. The number of aryl methyl sites for hydroxylation is 2. The fourth-order valence-electron chi connectivity index (χ4n) is 3.02. The summed E-state index contributed by atoms with van der Waals surface area (Å²) in [5.74, 6) is 0.0278. The lowest BCUT2D eigenvalue weighted by Crippen LogP contribution is -2.52. The Morgan fingerprint density at radius 3 is 2.48 bits per heavy atom. The van der Waals surface area contributed by atoms with E-state index in [1.807, 2.05) is 26.0 Å². The average molecular weight is 311 g/mol. The molecule has 1 heterocycles. The smallest absolute Gasteiger partial charge is 0.251 e. The number of benzene rings is 1. The van der Waals surface area contributed by atoms with Gasteiger partial charge < -0.3 is 10.6 Å². The van der Waals surface area contributed by atoms with Gasteiger partial charge in [-0.15, -0.1) is 12.4 Å². The van der Waals surface area contributed by atoms with E-state index in [9.17, 15) is 4.79 Å². The number of carbonyl (C=O) groups is 1. The van der Waals surface area contributed by atoms with Crippen LogP contribution >= 0.6 is 12.4 Å². The predicted molar refractivity (Wildman–Crippen MR) is 90.3 cm³/mol. The summed E-state index contributed by atoms with van der Waals surface area (Å²) in [7, 11) is 0. The first-order valence-electron chi connectivity index (χ1n) is 7.48. The van der Waals surface area contributed by atoms with Crippen LogP contribution < -0.4 is 10.6 Å². The molecule has 2 rings (SSSR count). The lowest BCUT2D eigenvalue weighted by atomic mass is 9.77. The van der Waals surface area contributed by atoms with Gasteiger partial charge in [0.25, 0.3) is 5.91 Å². The van der Waals surface area contributed by atoms with Crippen molar-refractivity contribution in [2.75, 3.05) is 13.1 Å². The van der Waals surface area contributed by atoms with Gasteiger partial charge in [-0.25, -0.2) is 0 Å². The maximum Gasteiger partial charge on any atom is 0.251 e. The Balaban J connectivity index is 0.00000220. The molecule has 1 amide bonds. The quantitative estimate of drug-likeness (QED) is 0.900. The summed E-state index contributed by atoms with van der Waals surface area (Å²) in [5.41, 5.74) is 3.27. The highest BCUT2D eigenvalue weighted by Crippen LogP contribution is 2.29. The highest BCUT2D eigenvalue weighted by atomic mass is 35.5. The molecule has 0 aromatic heterocycles. The van der Waals surface area contributed by atoms with Gasteiger partial charge in [-0.2, -0.15) is 0 Å². The Bertz CT molecular complexity index is 479. The predicted octanol–water partition coefficient (Wildman–Crippen LogP) is 3.23. The maximum absolute atomic E-state index is 12.3. The van der Waals surface area contributed by atoms with Crippen molar-refractivity contribution >= 4 is 18.3 Å². The molecule has 1 aromatic carbocycles. The lowest BCUT2D eigenvalue weighted by molar-refractivity contribution is 0.0928.